The minimum absolute atomic E-state index is 0.0300. The number of rotatable bonds is 5. The first-order valence-electron chi connectivity index (χ1n) is 9.01. The number of aromatic nitrogens is 5. The Kier molecular flexibility index (Phi) is 4.88. The van der Waals surface area contributed by atoms with Crippen molar-refractivity contribution in [3.63, 3.8) is 0 Å². The van der Waals surface area contributed by atoms with Gasteiger partial charge in [0.05, 0.1) is 17.9 Å². The molecule has 0 aromatic carbocycles. The molecular formula is C19H22N6O. The summed E-state index contributed by atoms with van der Waals surface area (Å²) in [5.41, 5.74) is 2.92. The van der Waals surface area contributed by atoms with E-state index in [0.717, 1.165) is 49.0 Å². The molecule has 0 amide bonds. The topological polar surface area (TPSA) is 88.5 Å². The van der Waals surface area contributed by atoms with Crippen LogP contribution >= 0.6 is 0 Å². The molecule has 3 aromatic rings. The van der Waals surface area contributed by atoms with Crippen molar-refractivity contribution < 1.29 is 0 Å². The third-order valence-electron chi connectivity index (χ3n) is 4.99. The maximum absolute atomic E-state index is 12.3. The summed E-state index contributed by atoms with van der Waals surface area (Å²) >= 11 is 0. The fourth-order valence-electron chi connectivity index (χ4n) is 3.52. The summed E-state index contributed by atoms with van der Waals surface area (Å²) in [5.74, 6) is 0. The maximum atomic E-state index is 12.3. The van der Waals surface area contributed by atoms with E-state index in [0.29, 0.717) is 6.04 Å². The van der Waals surface area contributed by atoms with Gasteiger partial charge >= 0.3 is 0 Å². The van der Waals surface area contributed by atoms with E-state index >= 15 is 0 Å². The molecule has 0 aliphatic heterocycles. The second kappa shape index (κ2) is 7.61. The van der Waals surface area contributed by atoms with E-state index in [1.165, 1.54) is 0 Å². The molecule has 1 aliphatic rings. The van der Waals surface area contributed by atoms with Crippen LogP contribution in [0.25, 0.3) is 11.3 Å². The first-order chi connectivity index (χ1) is 12.8. The van der Waals surface area contributed by atoms with E-state index in [2.05, 4.69) is 25.6 Å². The Hall–Kier alpha value is -2.80. The molecule has 1 aliphatic carbocycles. The van der Waals surface area contributed by atoms with Crippen molar-refractivity contribution in [1.29, 1.82) is 0 Å². The number of nitrogens with one attached hydrogen (secondary N) is 2. The summed E-state index contributed by atoms with van der Waals surface area (Å²) in [7, 11) is 0. The van der Waals surface area contributed by atoms with E-state index in [4.69, 9.17) is 0 Å². The first-order valence-corrected chi connectivity index (χ1v) is 9.01. The predicted molar refractivity (Wildman–Crippen MR) is 98.4 cm³/mol. The fraction of sp³-hybridized carbons (Fsp3) is 0.368. The van der Waals surface area contributed by atoms with E-state index in [9.17, 15) is 4.79 Å². The number of pyridine rings is 1. The number of H-pyrrole nitrogens is 1. The minimum Gasteiger partial charge on any atom is -0.310 e. The Labute approximate surface area is 151 Å². The van der Waals surface area contributed by atoms with Crippen molar-refractivity contribution in [2.24, 2.45) is 0 Å². The Balaban J connectivity index is 1.41. The van der Waals surface area contributed by atoms with Crippen molar-refractivity contribution in [3.8, 4) is 11.3 Å². The van der Waals surface area contributed by atoms with Gasteiger partial charge < -0.3 is 5.32 Å². The largest absolute Gasteiger partial charge is 0.310 e. The van der Waals surface area contributed by atoms with Gasteiger partial charge in [0, 0.05) is 48.4 Å². The molecule has 2 N–H and O–H groups in total. The molecule has 1 saturated carbocycles. The molecule has 0 atom stereocenters. The normalized spacial score (nSPS) is 20.2. The lowest BCUT2D eigenvalue weighted by Crippen LogP contribution is -2.36. The number of hydrogen-bond acceptors (Lipinski definition) is 5. The van der Waals surface area contributed by atoms with Crippen LogP contribution in [-0.2, 0) is 6.54 Å². The zero-order valence-corrected chi connectivity index (χ0v) is 14.5. The van der Waals surface area contributed by atoms with Crippen molar-refractivity contribution in [2.75, 3.05) is 0 Å². The summed E-state index contributed by atoms with van der Waals surface area (Å²) < 4.78 is 1.67. The highest BCUT2D eigenvalue weighted by Gasteiger charge is 2.23. The monoisotopic (exact) mass is 350 g/mol. The van der Waals surface area contributed by atoms with Gasteiger partial charge in [-0.2, -0.15) is 10.2 Å². The van der Waals surface area contributed by atoms with E-state index in [1.54, 1.807) is 29.2 Å². The molecule has 0 radical (unpaired) electrons. The molecule has 7 nitrogen and oxygen atoms in total. The molecule has 0 bridgehead atoms. The van der Waals surface area contributed by atoms with Crippen LogP contribution in [0.4, 0.5) is 0 Å². The van der Waals surface area contributed by atoms with Crippen LogP contribution in [0.15, 0.2) is 53.8 Å². The zero-order valence-electron chi connectivity index (χ0n) is 14.5. The van der Waals surface area contributed by atoms with Crippen LogP contribution in [0, 0.1) is 0 Å². The Bertz CT molecular complexity index is 882. The number of nitrogens with zero attached hydrogens (tertiary/aromatic N) is 4. The standard InChI is InChI=1S/C19H22N6O/c26-19-6-5-18(15-7-9-20-10-8-15)24-25(19)17-3-1-16(2-4-17)21-11-14-12-22-23-13-14/h5-10,12-13,16-17,21H,1-4,11H2,(H,22,23). The molecule has 0 saturated heterocycles. The molecule has 3 aromatic heterocycles. The lowest BCUT2D eigenvalue weighted by Gasteiger charge is -2.29. The van der Waals surface area contributed by atoms with E-state index in [1.807, 2.05) is 24.5 Å². The summed E-state index contributed by atoms with van der Waals surface area (Å²) in [5, 5.41) is 15.0. The zero-order chi connectivity index (χ0) is 17.8. The van der Waals surface area contributed by atoms with Gasteiger partial charge in [0.1, 0.15) is 0 Å². The van der Waals surface area contributed by atoms with Gasteiger partial charge in [-0.25, -0.2) is 4.68 Å². The molecule has 7 heteroatoms. The quantitative estimate of drug-likeness (QED) is 0.737. The Morgan fingerprint density at radius 1 is 1.12 bits per heavy atom. The summed E-state index contributed by atoms with van der Waals surface area (Å²) in [6, 6.07) is 7.86. The van der Waals surface area contributed by atoms with Crippen LogP contribution in [0.1, 0.15) is 37.3 Å². The maximum Gasteiger partial charge on any atom is 0.267 e. The van der Waals surface area contributed by atoms with Crippen molar-refractivity contribution in [1.82, 2.24) is 30.3 Å². The van der Waals surface area contributed by atoms with Crippen LogP contribution < -0.4 is 10.9 Å². The second-order valence-electron chi connectivity index (χ2n) is 6.73. The molecular weight excluding hydrogens is 328 g/mol. The first kappa shape index (κ1) is 16.7. The highest BCUT2D eigenvalue weighted by atomic mass is 16.1. The van der Waals surface area contributed by atoms with Gasteiger partial charge in [-0.15, -0.1) is 0 Å². The van der Waals surface area contributed by atoms with Crippen LogP contribution in [0.2, 0.25) is 0 Å². The van der Waals surface area contributed by atoms with Crippen molar-refractivity contribution in [3.05, 3.63) is 65.0 Å². The van der Waals surface area contributed by atoms with Gasteiger partial charge in [0.15, 0.2) is 0 Å². The van der Waals surface area contributed by atoms with Gasteiger partial charge in [0.2, 0.25) is 0 Å². The van der Waals surface area contributed by atoms with Crippen LogP contribution in [0.5, 0.6) is 0 Å². The average Bonchev–Trinajstić information content (AvgIpc) is 3.22. The molecule has 0 spiro atoms. The third-order valence-corrected chi connectivity index (χ3v) is 4.99. The highest BCUT2D eigenvalue weighted by molar-refractivity contribution is 5.57. The van der Waals surface area contributed by atoms with Gasteiger partial charge in [0.25, 0.3) is 5.56 Å². The Morgan fingerprint density at radius 2 is 1.92 bits per heavy atom. The van der Waals surface area contributed by atoms with E-state index in [-0.39, 0.29) is 11.6 Å². The van der Waals surface area contributed by atoms with Crippen molar-refractivity contribution in [2.45, 2.75) is 44.3 Å². The summed E-state index contributed by atoms with van der Waals surface area (Å²) in [6.07, 6.45) is 11.2. The SMILES string of the molecule is O=c1ccc(-c2ccncc2)nn1C1CCC(NCc2cn[nH]c2)CC1. The molecule has 4 rings (SSSR count). The average molecular weight is 350 g/mol. The highest BCUT2D eigenvalue weighted by Crippen LogP contribution is 2.27. The molecule has 1 fully saturated rings. The minimum atomic E-state index is -0.0300. The number of aromatic amines is 1. The Morgan fingerprint density at radius 3 is 2.65 bits per heavy atom. The molecule has 3 heterocycles. The van der Waals surface area contributed by atoms with Gasteiger partial charge in [-0.05, 0) is 43.9 Å². The molecule has 134 valence electrons. The summed E-state index contributed by atoms with van der Waals surface area (Å²) in [4.78, 5) is 16.4. The van der Waals surface area contributed by atoms with Gasteiger partial charge in [-0.1, -0.05) is 0 Å². The smallest absolute Gasteiger partial charge is 0.267 e. The van der Waals surface area contributed by atoms with Crippen molar-refractivity contribution >= 4 is 0 Å². The van der Waals surface area contributed by atoms with E-state index < -0.39 is 0 Å². The molecule has 0 unspecified atom stereocenters. The predicted octanol–water partition coefficient (Wildman–Crippen LogP) is 2.30. The lowest BCUT2D eigenvalue weighted by atomic mass is 9.91. The fourth-order valence-corrected chi connectivity index (χ4v) is 3.52. The van der Waals surface area contributed by atoms with Gasteiger partial charge in [-0.3, -0.25) is 14.9 Å². The lowest BCUT2D eigenvalue weighted by molar-refractivity contribution is 0.269. The summed E-state index contributed by atoms with van der Waals surface area (Å²) in [6.45, 7) is 0.821. The van der Waals surface area contributed by atoms with Crippen LogP contribution in [0.3, 0.4) is 0 Å². The third kappa shape index (κ3) is 3.72. The van der Waals surface area contributed by atoms with Crippen LogP contribution in [-0.4, -0.2) is 31.0 Å². The number of hydrogen-bond donors (Lipinski definition) is 2. The second-order valence-corrected chi connectivity index (χ2v) is 6.73. The molecule has 26 heavy (non-hydrogen) atoms.